The van der Waals surface area contributed by atoms with E-state index in [1.807, 2.05) is 5.32 Å². The number of amides is 1. The minimum Gasteiger partial charge on any atom is -0.464 e. The van der Waals surface area contributed by atoms with E-state index in [1.54, 1.807) is 19.1 Å². The Kier molecular flexibility index (Phi) is 8.82. The first-order valence-electron chi connectivity index (χ1n) is 8.49. The van der Waals surface area contributed by atoms with E-state index in [0.29, 0.717) is 0 Å². The maximum absolute atomic E-state index is 12.9. The van der Waals surface area contributed by atoms with Crippen molar-refractivity contribution < 1.29 is 27.5 Å². The predicted octanol–water partition coefficient (Wildman–Crippen LogP) is 2.58. The molecule has 27 heavy (non-hydrogen) atoms. The van der Waals surface area contributed by atoms with Gasteiger partial charge in [0.2, 0.25) is 0 Å². The number of esters is 1. The van der Waals surface area contributed by atoms with Gasteiger partial charge in [-0.2, -0.15) is 13.2 Å². The summed E-state index contributed by atoms with van der Waals surface area (Å²) in [7, 11) is 0. The number of rotatable bonds is 8. The van der Waals surface area contributed by atoms with Gasteiger partial charge in [-0.3, -0.25) is 4.79 Å². The third-order valence-corrected chi connectivity index (χ3v) is 3.72. The third kappa shape index (κ3) is 7.31. The van der Waals surface area contributed by atoms with Crippen molar-refractivity contribution in [3.63, 3.8) is 0 Å². The number of nitrogens with two attached hydrogens (primary N) is 1. The first-order chi connectivity index (χ1) is 12.7. The molecule has 0 saturated heterocycles. The summed E-state index contributed by atoms with van der Waals surface area (Å²) < 4.78 is 43.3. The van der Waals surface area contributed by atoms with Gasteiger partial charge < -0.3 is 15.8 Å². The molecule has 5 nitrogen and oxygen atoms in total. The van der Waals surface area contributed by atoms with Crippen LogP contribution < -0.4 is 11.1 Å². The molecule has 3 N–H and O–H groups in total. The Hall–Kier alpha value is -2.53. The summed E-state index contributed by atoms with van der Waals surface area (Å²) in [5.74, 6) is 3.69. The molecule has 0 fully saturated rings. The van der Waals surface area contributed by atoms with Crippen molar-refractivity contribution in [2.75, 3.05) is 6.61 Å². The SMILES string of the molecule is CC#CCCCc1ccc(C(=O)N[C@H](C(=O)OCC)[C@@H](N)C(F)(F)F)cc1. The lowest BCUT2D eigenvalue weighted by Gasteiger charge is -2.25. The molecule has 1 aromatic rings. The molecule has 0 aromatic heterocycles. The van der Waals surface area contributed by atoms with E-state index in [9.17, 15) is 22.8 Å². The lowest BCUT2D eigenvalue weighted by Crippen LogP contribution is -2.59. The van der Waals surface area contributed by atoms with Crippen molar-refractivity contribution in [2.45, 2.75) is 51.4 Å². The first-order valence-corrected chi connectivity index (χ1v) is 8.49. The number of benzene rings is 1. The monoisotopic (exact) mass is 384 g/mol. The highest BCUT2D eigenvalue weighted by molar-refractivity contribution is 5.97. The Morgan fingerprint density at radius 3 is 2.41 bits per heavy atom. The number of ether oxygens (including phenoxy) is 1. The van der Waals surface area contributed by atoms with Crippen LogP contribution in [0.2, 0.25) is 0 Å². The number of carbonyl (C=O) groups excluding carboxylic acids is 2. The maximum Gasteiger partial charge on any atom is 0.406 e. The van der Waals surface area contributed by atoms with Gasteiger partial charge in [0.15, 0.2) is 6.04 Å². The summed E-state index contributed by atoms with van der Waals surface area (Å²) in [6.07, 6.45) is -2.48. The zero-order valence-electron chi connectivity index (χ0n) is 15.2. The quantitative estimate of drug-likeness (QED) is 0.410. The second kappa shape index (κ2) is 10.6. The molecule has 0 unspecified atom stereocenters. The maximum atomic E-state index is 12.9. The molecule has 0 heterocycles. The van der Waals surface area contributed by atoms with Crippen LogP contribution in [0.4, 0.5) is 13.2 Å². The van der Waals surface area contributed by atoms with E-state index < -0.39 is 30.1 Å². The number of nitrogens with one attached hydrogen (secondary N) is 1. The Morgan fingerprint density at radius 1 is 1.26 bits per heavy atom. The van der Waals surface area contributed by atoms with Crippen LogP contribution in [0.5, 0.6) is 0 Å². The van der Waals surface area contributed by atoms with Crippen LogP contribution in [-0.2, 0) is 16.0 Å². The predicted molar refractivity (Wildman–Crippen MR) is 94.7 cm³/mol. The molecule has 0 spiro atoms. The molecule has 0 aliphatic heterocycles. The van der Waals surface area contributed by atoms with Crippen molar-refractivity contribution in [1.29, 1.82) is 0 Å². The number of aryl methyl sites for hydroxylation is 1. The van der Waals surface area contributed by atoms with Gasteiger partial charge in [0.25, 0.3) is 5.91 Å². The number of halogens is 3. The second-order valence-electron chi connectivity index (χ2n) is 5.75. The summed E-state index contributed by atoms with van der Waals surface area (Å²) in [5.41, 5.74) is 6.20. The van der Waals surface area contributed by atoms with E-state index >= 15 is 0 Å². The Balaban J connectivity index is 2.82. The second-order valence-corrected chi connectivity index (χ2v) is 5.75. The lowest BCUT2D eigenvalue weighted by atomic mass is 10.0. The molecule has 0 aliphatic carbocycles. The fourth-order valence-electron chi connectivity index (χ4n) is 2.27. The minimum atomic E-state index is -4.87. The molecule has 1 aromatic carbocycles. The van der Waals surface area contributed by atoms with Crippen molar-refractivity contribution >= 4 is 11.9 Å². The first kappa shape index (κ1) is 22.5. The van der Waals surface area contributed by atoms with Crippen LogP contribution in [0, 0.1) is 11.8 Å². The van der Waals surface area contributed by atoms with E-state index in [4.69, 9.17) is 5.73 Å². The van der Waals surface area contributed by atoms with Gasteiger partial charge in [-0.25, -0.2) is 4.79 Å². The van der Waals surface area contributed by atoms with Gasteiger partial charge in [0.05, 0.1) is 6.61 Å². The molecular weight excluding hydrogens is 361 g/mol. The molecule has 2 atom stereocenters. The third-order valence-electron chi connectivity index (χ3n) is 3.72. The molecule has 0 aliphatic rings. The average Bonchev–Trinajstić information content (AvgIpc) is 2.62. The van der Waals surface area contributed by atoms with Crippen LogP contribution in [0.1, 0.15) is 42.6 Å². The van der Waals surface area contributed by atoms with Crippen LogP contribution in [0.3, 0.4) is 0 Å². The lowest BCUT2D eigenvalue weighted by molar-refractivity contribution is -0.169. The van der Waals surface area contributed by atoms with Gasteiger partial charge in [-0.15, -0.1) is 11.8 Å². The van der Waals surface area contributed by atoms with Crippen molar-refractivity contribution in [3.05, 3.63) is 35.4 Å². The van der Waals surface area contributed by atoms with Crippen LogP contribution in [0.15, 0.2) is 24.3 Å². The molecule has 0 radical (unpaired) electrons. The standard InChI is InChI=1S/C19H23F3N2O3/c1-3-5-6-7-8-13-9-11-14(12-10-13)17(25)24-15(18(26)27-4-2)16(23)19(20,21)22/h9-12,15-16H,4,6-8,23H2,1-2H3,(H,24,25)/t15-,16+/m0/s1. The zero-order chi connectivity index (χ0) is 20.4. The van der Waals surface area contributed by atoms with E-state index in [2.05, 4.69) is 16.6 Å². The highest BCUT2D eigenvalue weighted by Gasteiger charge is 2.46. The van der Waals surface area contributed by atoms with Crippen LogP contribution >= 0.6 is 0 Å². The van der Waals surface area contributed by atoms with Crippen molar-refractivity contribution in [3.8, 4) is 11.8 Å². The summed E-state index contributed by atoms with van der Waals surface area (Å²) in [4.78, 5) is 24.0. The van der Waals surface area contributed by atoms with Gasteiger partial charge in [0, 0.05) is 12.0 Å². The van der Waals surface area contributed by atoms with Gasteiger partial charge in [-0.1, -0.05) is 12.1 Å². The summed E-state index contributed by atoms with van der Waals surface area (Å²) >= 11 is 0. The molecule has 1 amide bonds. The van der Waals surface area contributed by atoms with E-state index in [-0.39, 0.29) is 12.2 Å². The number of carbonyl (C=O) groups is 2. The smallest absolute Gasteiger partial charge is 0.406 e. The molecule has 1 rings (SSSR count). The average molecular weight is 384 g/mol. The summed E-state index contributed by atoms with van der Waals surface area (Å²) in [6.45, 7) is 3.08. The molecule has 8 heteroatoms. The van der Waals surface area contributed by atoms with Gasteiger partial charge in [0.1, 0.15) is 6.04 Å². The minimum absolute atomic E-state index is 0.121. The fourth-order valence-corrected chi connectivity index (χ4v) is 2.27. The van der Waals surface area contributed by atoms with Crippen molar-refractivity contribution in [2.24, 2.45) is 5.73 Å². The van der Waals surface area contributed by atoms with Crippen molar-refractivity contribution in [1.82, 2.24) is 5.32 Å². The Morgan fingerprint density at radius 2 is 1.89 bits per heavy atom. The number of unbranched alkanes of at least 4 members (excludes halogenated alkanes) is 1. The number of hydrogen-bond donors (Lipinski definition) is 2. The highest BCUT2D eigenvalue weighted by Crippen LogP contribution is 2.21. The van der Waals surface area contributed by atoms with Crippen LogP contribution in [-0.4, -0.2) is 36.7 Å². The van der Waals surface area contributed by atoms with Gasteiger partial charge in [-0.05, 0) is 44.4 Å². The van der Waals surface area contributed by atoms with E-state index in [1.165, 1.54) is 19.1 Å². The summed E-state index contributed by atoms with van der Waals surface area (Å²) in [5, 5.41) is 2.03. The largest absolute Gasteiger partial charge is 0.464 e. The highest BCUT2D eigenvalue weighted by atomic mass is 19.4. The molecule has 0 bridgehead atoms. The molecule has 0 saturated carbocycles. The van der Waals surface area contributed by atoms with Crippen LogP contribution in [0.25, 0.3) is 0 Å². The summed E-state index contributed by atoms with van der Waals surface area (Å²) in [6, 6.07) is 1.79. The Labute approximate surface area is 156 Å². The van der Waals surface area contributed by atoms with Gasteiger partial charge >= 0.3 is 12.1 Å². The normalized spacial score (nSPS) is 13.1. The number of hydrogen-bond acceptors (Lipinski definition) is 4. The fraction of sp³-hybridized carbons (Fsp3) is 0.474. The van der Waals surface area contributed by atoms with E-state index in [0.717, 1.165) is 24.8 Å². The number of alkyl halides is 3. The topological polar surface area (TPSA) is 81.4 Å². The Bertz CT molecular complexity index is 691. The zero-order valence-corrected chi connectivity index (χ0v) is 15.2. The molecule has 148 valence electrons. The molecular formula is C19H23F3N2O3.